The Hall–Kier alpha value is -0.0800. The first-order valence-electron chi connectivity index (χ1n) is 6.92. The highest BCUT2D eigenvalue weighted by molar-refractivity contribution is 4.88. The van der Waals surface area contributed by atoms with Crippen molar-refractivity contribution in [1.29, 1.82) is 0 Å². The zero-order chi connectivity index (χ0) is 12.2. The van der Waals surface area contributed by atoms with Gasteiger partial charge in [-0.15, -0.1) is 0 Å². The molecule has 1 rings (SSSR count). The Morgan fingerprint density at radius 3 is 2.38 bits per heavy atom. The summed E-state index contributed by atoms with van der Waals surface area (Å²) in [5.41, 5.74) is 0.391. The molecular weight excluding hydrogens is 196 g/mol. The molecule has 0 radical (unpaired) electrons. The van der Waals surface area contributed by atoms with Crippen LogP contribution in [0.1, 0.15) is 53.9 Å². The minimum atomic E-state index is 0.391. The van der Waals surface area contributed by atoms with Crippen molar-refractivity contribution in [3.05, 3.63) is 0 Å². The van der Waals surface area contributed by atoms with E-state index < -0.39 is 0 Å². The van der Waals surface area contributed by atoms with E-state index in [1.165, 1.54) is 32.4 Å². The Bertz CT molecular complexity index is 195. The molecule has 1 fully saturated rings. The number of nitrogens with one attached hydrogen (secondary N) is 1. The fraction of sp³-hybridized carbons (Fsp3) is 1.00. The van der Waals surface area contributed by atoms with Gasteiger partial charge in [0.05, 0.1) is 0 Å². The lowest BCUT2D eigenvalue weighted by atomic mass is 9.92. The van der Waals surface area contributed by atoms with Gasteiger partial charge in [-0.1, -0.05) is 34.6 Å². The predicted octanol–water partition coefficient (Wildman–Crippen LogP) is 2.89. The van der Waals surface area contributed by atoms with Gasteiger partial charge in [0.15, 0.2) is 0 Å². The van der Waals surface area contributed by atoms with Crippen molar-refractivity contribution in [2.45, 2.75) is 66.0 Å². The molecule has 0 atom stereocenters. The first-order chi connectivity index (χ1) is 7.44. The van der Waals surface area contributed by atoms with E-state index in [0.29, 0.717) is 11.5 Å². The van der Waals surface area contributed by atoms with Crippen molar-refractivity contribution in [3.63, 3.8) is 0 Å². The Morgan fingerprint density at radius 1 is 1.31 bits per heavy atom. The molecule has 0 saturated heterocycles. The van der Waals surface area contributed by atoms with Crippen LogP contribution in [-0.4, -0.2) is 36.6 Å². The highest BCUT2D eigenvalue weighted by Crippen LogP contribution is 2.30. The third-order valence-electron chi connectivity index (χ3n) is 3.19. The van der Waals surface area contributed by atoms with Gasteiger partial charge in [0, 0.05) is 25.2 Å². The van der Waals surface area contributed by atoms with Gasteiger partial charge in [-0.3, -0.25) is 4.90 Å². The average Bonchev–Trinajstić information content (AvgIpc) is 2.97. The minimum Gasteiger partial charge on any atom is -0.314 e. The van der Waals surface area contributed by atoms with Gasteiger partial charge in [0.25, 0.3) is 0 Å². The van der Waals surface area contributed by atoms with Crippen molar-refractivity contribution in [3.8, 4) is 0 Å². The molecule has 0 bridgehead atoms. The van der Waals surface area contributed by atoms with E-state index in [4.69, 9.17) is 0 Å². The summed E-state index contributed by atoms with van der Waals surface area (Å²) >= 11 is 0. The molecule has 16 heavy (non-hydrogen) atoms. The normalized spacial score (nSPS) is 17.4. The maximum absolute atomic E-state index is 3.57. The lowest BCUT2D eigenvalue weighted by molar-refractivity contribution is 0.164. The molecule has 0 aliphatic heterocycles. The molecule has 96 valence electrons. The second kappa shape index (κ2) is 6.02. The lowest BCUT2D eigenvalue weighted by Gasteiger charge is -2.33. The van der Waals surface area contributed by atoms with Crippen LogP contribution in [0.15, 0.2) is 0 Å². The van der Waals surface area contributed by atoms with Crippen molar-refractivity contribution < 1.29 is 0 Å². The smallest absolute Gasteiger partial charge is 0.00966 e. The van der Waals surface area contributed by atoms with Gasteiger partial charge in [-0.2, -0.15) is 0 Å². The van der Waals surface area contributed by atoms with E-state index in [2.05, 4.69) is 44.8 Å². The van der Waals surface area contributed by atoms with Crippen LogP contribution in [0, 0.1) is 5.41 Å². The van der Waals surface area contributed by atoms with Gasteiger partial charge in [0.2, 0.25) is 0 Å². The van der Waals surface area contributed by atoms with Gasteiger partial charge in [0.1, 0.15) is 0 Å². The summed E-state index contributed by atoms with van der Waals surface area (Å²) in [6, 6.07) is 1.50. The average molecular weight is 226 g/mol. The summed E-state index contributed by atoms with van der Waals surface area (Å²) in [5.74, 6) is 0. The second-order valence-electron chi connectivity index (χ2n) is 6.40. The summed E-state index contributed by atoms with van der Waals surface area (Å²) in [7, 11) is 0. The van der Waals surface area contributed by atoms with E-state index in [1.807, 2.05) is 0 Å². The maximum atomic E-state index is 3.57. The monoisotopic (exact) mass is 226 g/mol. The Labute approximate surface area is 102 Å². The van der Waals surface area contributed by atoms with Crippen molar-refractivity contribution in [2.24, 2.45) is 5.41 Å². The highest BCUT2D eigenvalue weighted by atomic mass is 15.2. The van der Waals surface area contributed by atoms with E-state index in [-0.39, 0.29) is 0 Å². The number of rotatable bonds is 8. The van der Waals surface area contributed by atoms with Crippen LogP contribution in [0.3, 0.4) is 0 Å². The largest absolute Gasteiger partial charge is 0.314 e. The summed E-state index contributed by atoms with van der Waals surface area (Å²) in [4.78, 5) is 2.70. The van der Waals surface area contributed by atoms with Gasteiger partial charge >= 0.3 is 0 Å². The summed E-state index contributed by atoms with van der Waals surface area (Å²) in [6.07, 6.45) is 4.13. The Balaban J connectivity index is 2.35. The van der Waals surface area contributed by atoms with Crippen LogP contribution in [-0.2, 0) is 0 Å². The number of nitrogens with zero attached hydrogens (tertiary/aromatic N) is 1. The van der Waals surface area contributed by atoms with Crippen molar-refractivity contribution >= 4 is 0 Å². The molecule has 0 unspecified atom stereocenters. The molecule has 1 N–H and O–H groups in total. The molecule has 2 nitrogen and oxygen atoms in total. The van der Waals surface area contributed by atoms with Crippen LogP contribution in [0.4, 0.5) is 0 Å². The van der Waals surface area contributed by atoms with Gasteiger partial charge in [-0.25, -0.2) is 0 Å². The first-order valence-corrected chi connectivity index (χ1v) is 6.92. The Morgan fingerprint density at radius 2 is 1.94 bits per heavy atom. The SMILES string of the molecule is CCCN(CC(C)(C)CNC(C)C)C1CC1. The molecule has 1 aliphatic rings. The van der Waals surface area contributed by atoms with Gasteiger partial charge < -0.3 is 5.32 Å². The molecule has 1 aliphatic carbocycles. The fourth-order valence-electron chi connectivity index (χ4n) is 2.20. The van der Waals surface area contributed by atoms with E-state index in [9.17, 15) is 0 Å². The molecule has 0 aromatic rings. The zero-order valence-corrected chi connectivity index (χ0v) is 11.8. The summed E-state index contributed by atoms with van der Waals surface area (Å²) in [5, 5.41) is 3.57. The Kier molecular flexibility index (Phi) is 5.26. The van der Waals surface area contributed by atoms with E-state index in [0.717, 1.165) is 12.6 Å². The van der Waals surface area contributed by atoms with Crippen molar-refractivity contribution in [2.75, 3.05) is 19.6 Å². The van der Waals surface area contributed by atoms with Crippen LogP contribution in [0.5, 0.6) is 0 Å². The van der Waals surface area contributed by atoms with E-state index in [1.54, 1.807) is 0 Å². The van der Waals surface area contributed by atoms with Crippen LogP contribution < -0.4 is 5.32 Å². The molecule has 0 spiro atoms. The third kappa shape index (κ3) is 5.31. The fourth-order valence-corrected chi connectivity index (χ4v) is 2.20. The lowest BCUT2D eigenvalue weighted by Crippen LogP contribution is -2.43. The molecule has 2 heteroatoms. The molecule has 0 heterocycles. The van der Waals surface area contributed by atoms with Crippen LogP contribution in [0.25, 0.3) is 0 Å². The zero-order valence-electron chi connectivity index (χ0n) is 11.8. The van der Waals surface area contributed by atoms with E-state index >= 15 is 0 Å². The molecular formula is C14H30N2. The molecule has 1 saturated carbocycles. The quantitative estimate of drug-likeness (QED) is 0.684. The summed E-state index contributed by atoms with van der Waals surface area (Å²) < 4.78 is 0. The van der Waals surface area contributed by atoms with Crippen LogP contribution in [0.2, 0.25) is 0 Å². The van der Waals surface area contributed by atoms with Gasteiger partial charge in [-0.05, 0) is 31.2 Å². The topological polar surface area (TPSA) is 15.3 Å². The van der Waals surface area contributed by atoms with Crippen LogP contribution >= 0.6 is 0 Å². The molecule has 0 aromatic heterocycles. The maximum Gasteiger partial charge on any atom is 0.00966 e. The molecule has 0 amide bonds. The minimum absolute atomic E-state index is 0.391. The highest BCUT2D eigenvalue weighted by Gasteiger charge is 2.32. The second-order valence-corrected chi connectivity index (χ2v) is 6.40. The number of hydrogen-bond acceptors (Lipinski definition) is 2. The van der Waals surface area contributed by atoms with Crippen molar-refractivity contribution in [1.82, 2.24) is 10.2 Å². The standard InChI is InChI=1S/C14H30N2/c1-6-9-16(13-7-8-13)11-14(4,5)10-15-12(2)3/h12-13,15H,6-11H2,1-5H3. The number of hydrogen-bond donors (Lipinski definition) is 1. The molecule has 0 aromatic carbocycles. The summed E-state index contributed by atoms with van der Waals surface area (Å²) in [6.45, 7) is 15.1. The first kappa shape index (κ1) is 14.0. The predicted molar refractivity (Wildman–Crippen MR) is 71.8 cm³/mol. The third-order valence-corrected chi connectivity index (χ3v) is 3.19.